The summed E-state index contributed by atoms with van der Waals surface area (Å²) >= 11 is 0. The molecule has 12 nitrogen and oxygen atoms in total. The zero-order valence-electron chi connectivity index (χ0n) is 23.6. The number of rotatable bonds is 6. The molecule has 0 saturated heterocycles. The highest BCUT2D eigenvalue weighted by molar-refractivity contribution is 6.11. The highest BCUT2D eigenvalue weighted by atomic mass is 16.5. The molecule has 12 heteroatoms. The number of anilines is 2. The fraction of sp³-hybridized carbons (Fsp3) is 0.0625. The van der Waals surface area contributed by atoms with Crippen molar-refractivity contribution in [1.29, 1.82) is 0 Å². The Kier molecular flexibility index (Phi) is 8.71. The number of aromatic amines is 2. The number of benzene rings is 4. The van der Waals surface area contributed by atoms with E-state index in [1.54, 1.807) is 60.7 Å². The number of imidazole rings is 2. The Balaban J connectivity index is 0.000000175. The molecule has 0 saturated carbocycles. The average molecular weight is 591 g/mol. The van der Waals surface area contributed by atoms with Gasteiger partial charge in [0.25, 0.3) is 0 Å². The molecule has 2 heterocycles. The molecule has 0 radical (unpaired) electrons. The number of amides is 2. The molecule has 0 bridgehead atoms. The van der Waals surface area contributed by atoms with Crippen molar-refractivity contribution in [3.05, 3.63) is 119 Å². The molecule has 0 aliphatic carbocycles. The van der Waals surface area contributed by atoms with Gasteiger partial charge < -0.3 is 19.4 Å². The molecule has 220 valence electrons. The summed E-state index contributed by atoms with van der Waals surface area (Å²) in [6.45, 7) is 0. The Bertz CT molecular complexity index is 1820. The smallest absolute Gasteiger partial charge is 0.413 e. The van der Waals surface area contributed by atoms with Crippen LogP contribution in [0.4, 0.5) is 21.5 Å². The van der Waals surface area contributed by atoms with Crippen LogP contribution < -0.4 is 10.6 Å². The second-order valence-corrected chi connectivity index (χ2v) is 9.26. The van der Waals surface area contributed by atoms with Gasteiger partial charge >= 0.3 is 12.2 Å². The fourth-order valence-corrected chi connectivity index (χ4v) is 4.22. The first-order valence-corrected chi connectivity index (χ1v) is 13.2. The quantitative estimate of drug-likeness (QED) is 0.173. The minimum atomic E-state index is -0.611. The van der Waals surface area contributed by atoms with Gasteiger partial charge in [0.1, 0.15) is 0 Å². The Labute approximate surface area is 250 Å². The fourth-order valence-electron chi connectivity index (χ4n) is 4.22. The lowest BCUT2D eigenvalue weighted by atomic mass is 10.0. The van der Waals surface area contributed by atoms with E-state index in [9.17, 15) is 19.2 Å². The van der Waals surface area contributed by atoms with Crippen LogP contribution in [-0.2, 0) is 9.47 Å². The van der Waals surface area contributed by atoms with Gasteiger partial charge in [-0.2, -0.15) is 0 Å². The molecular weight excluding hydrogens is 564 g/mol. The van der Waals surface area contributed by atoms with Gasteiger partial charge in [0.15, 0.2) is 11.6 Å². The molecule has 0 aliphatic rings. The Hall–Kier alpha value is -6.30. The number of hydrogen-bond donors (Lipinski definition) is 4. The van der Waals surface area contributed by atoms with Crippen LogP contribution >= 0.6 is 0 Å². The molecule has 0 unspecified atom stereocenters. The molecule has 0 atom stereocenters. The van der Waals surface area contributed by atoms with Gasteiger partial charge in [0, 0.05) is 22.3 Å². The summed E-state index contributed by atoms with van der Waals surface area (Å²) in [6.07, 6.45) is -1.22. The number of H-pyrrole nitrogens is 2. The van der Waals surface area contributed by atoms with E-state index in [4.69, 9.17) is 0 Å². The minimum absolute atomic E-state index is 0.0759. The summed E-state index contributed by atoms with van der Waals surface area (Å²) in [5, 5.41) is 4.90. The van der Waals surface area contributed by atoms with E-state index in [1.165, 1.54) is 14.2 Å². The molecule has 0 fully saturated rings. The van der Waals surface area contributed by atoms with Gasteiger partial charge in [-0.25, -0.2) is 19.6 Å². The van der Waals surface area contributed by atoms with Gasteiger partial charge in [-0.05, 0) is 36.4 Å². The third-order valence-corrected chi connectivity index (χ3v) is 6.37. The minimum Gasteiger partial charge on any atom is -0.453 e. The van der Waals surface area contributed by atoms with E-state index in [0.717, 1.165) is 11.0 Å². The topological polar surface area (TPSA) is 168 Å². The maximum Gasteiger partial charge on any atom is 0.413 e. The van der Waals surface area contributed by atoms with Crippen LogP contribution in [0.5, 0.6) is 0 Å². The van der Waals surface area contributed by atoms with Crippen molar-refractivity contribution >= 4 is 57.7 Å². The lowest BCUT2D eigenvalue weighted by Gasteiger charge is -2.00. The molecule has 0 aliphatic heterocycles. The SMILES string of the molecule is COC(=O)Nc1nc2cc(C(=O)c3ccccc3)ccc2[nH]1.COC(=O)Nc1nc2cc(C(=O)c3ccccc3)ccc2[nH]1. The van der Waals surface area contributed by atoms with Crippen LogP contribution in [0.15, 0.2) is 97.1 Å². The lowest BCUT2D eigenvalue weighted by molar-refractivity contribution is 0.103. The summed E-state index contributed by atoms with van der Waals surface area (Å²) < 4.78 is 9.01. The summed E-state index contributed by atoms with van der Waals surface area (Å²) in [4.78, 5) is 61.4. The van der Waals surface area contributed by atoms with E-state index in [1.807, 2.05) is 36.4 Å². The standard InChI is InChI=1S/2C16H13N3O3/c2*1-22-16(21)19-15-17-12-8-7-11(9-13(12)18-15)14(20)10-5-3-2-4-6-10/h2*2-9H,1H3,(H2,17,18,19,21). The number of ether oxygens (including phenoxy) is 2. The number of aromatic nitrogens is 4. The summed E-state index contributed by atoms with van der Waals surface area (Å²) in [5.74, 6) is 0.387. The van der Waals surface area contributed by atoms with Crippen LogP contribution in [0.2, 0.25) is 0 Å². The Morgan fingerprint density at radius 1 is 0.545 bits per heavy atom. The van der Waals surface area contributed by atoms with E-state index < -0.39 is 12.2 Å². The molecule has 2 aromatic heterocycles. The predicted octanol–water partition coefficient (Wildman–Crippen LogP) is 5.94. The molecule has 0 spiro atoms. The third kappa shape index (κ3) is 6.77. The summed E-state index contributed by atoms with van der Waals surface area (Å²) in [7, 11) is 2.54. The lowest BCUT2D eigenvalue weighted by Crippen LogP contribution is -2.11. The highest BCUT2D eigenvalue weighted by Gasteiger charge is 2.13. The summed E-state index contributed by atoms with van der Waals surface area (Å²) in [6, 6.07) is 28.4. The van der Waals surface area contributed by atoms with Crippen LogP contribution in [-0.4, -0.2) is 57.9 Å². The first kappa shape index (κ1) is 29.2. The van der Waals surface area contributed by atoms with Crippen molar-refractivity contribution in [3.63, 3.8) is 0 Å². The van der Waals surface area contributed by atoms with Crippen LogP contribution in [0.25, 0.3) is 22.1 Å². The number of hydrogen-bond acceptors (Lipinski definition) is 8. The molecule has 4 N–H and O–H groups in total. The largest absolute Gasteiger partial charge is 0.453 e. The van der Waals surface area contributed by atoms with E-state index >= 15 is 0 Å². The van der Waals surface area contributed by atoms with Gasteiger partial charge in [0.2, 0.25) is 11.9 Å². The molecule has 44 heavy (non-hydrogen) atoms. The zero-order valence-corrected chi connectivity index (χ0v) is 23.6. The van der Waals surface area contributed by atoms with Crippen LogP contribution in [0, 0.1) is 0 Å². The van der Waals surface area contributed by atoms with E-state index in [0.29, 0.717) is 33.3 Å². The van der Waals surface area contributed by atoms with Crippen LogP contribution in [0.3, 0.4) is 0 Å². The number of carbonyl (C=O) groups excluding carboxylic acids is 4. The van der Waals surface area contributed by atoms with Crippen molar-refractivity contribution < 1.29 is 28.7 Å². The van der Waals surface area contributed by atoms with Crippen molar-refractivity contribution in [2.75, 3.05) is 24.9 Å². The van der Waals surface area contributed by atoms with E-state index in [2.05, 4.69) is 40.0 Å². The monoisotopic (exact) mass is 590 g/mol. The number of nitrogens with zero attached hydrogens (tertiary/aromatic N) is 2. The Morgan fingerprint density at radius 2 is 0.932 bits per heavy atom. The van der Waals surface area contributed by atoms with Crippen LogP contribution in [0.1, 0.15) is 31.8 Å². The first-order valence-electron chi connectivity index (χ1n) is 13.2. The van der Waals surface area contributed by atoms with Crippen molar-refractivity contribution in [2.24, 2.45) is 0 Å². The second-order valence-electron chi connectivity index (χ2n) is 9.26. The van der Waals surface area contributed by atoms with E-state index in [-0.39, 0.29) is 23.5 Å². The number of nitrogens with one attached hydrogen (secondary N) is 4. The molecule has 6 aromatic rings. The third-order valence-electron chi connectivity index (χ3n) is 6.37. The maximum atomic E-state index is 12.4. The van der Waals surface area contributed by atoms with Crippen molar-refractivity contribution in [3.8, 4) is 0 Å². The Morgan fingerprint density at radius 3 is 1.30 bits per heavy atom. The number of carbonyl (C=O) groups is 4. The maximum absolute atomic E-state index is 12.4. The van der Waals surface area contributed by atoms with Gasteiger partial charge in [0.05, 0.1) is 36.3 Å². The number of methoxy groups -OCH3 is 2. The number of fused-ring (bicyclic) bond motifs is 2. The molecule has 2 amide bonds. The first-order chi connectivity index (χ1) is 21.3. The molecule has 4 aromatic carbocycles. The second kappa shape index (κ2) is 13.1. The zero-order chi connectivity index (χ0) is 31.1. The number of ketones is 2. The molecule has 6 rings (SSSR count). The van der Waals surface area contributed by atoms with Crippen molar-refractivity contribution in [2.45, 2.75) is 0 Å². The average Bonchev–Trinajstić information content (AvgIpc) is 3.66. The van der Waals surface area contributed by atoms with Gasteiger partial charge in [-0.1, -0.05) is 60.7 Å². The highest BCUT2D eigenvalue weighted by Crippen LogP contribution is 2.20. The van der Waals surface area contributed by atoms with Gasteiger partial charge in [-0.3, -0.25) is 20.2 Å². The predicted molar refractivity (Wildman–Crippen MR) is 164 cm³/mol. The summed E-state index contributed by atoms with van der Waals surface area (Å²) in [5.41, 5.74) is 4.92. The van der Waals surface area contributed by atoms with Crippen molar-refractivity contribution in [1.82, 2.24) is 19.9 Å². The normalized spacial score (nSPS) is 10.4. The van der Waals surface area contributed by atoms with Gasteiger partial charge in [-0.15, -0.1) is 0 Å². The molecular formula is C32H26N6O6.